The van der Waals surface area contributed by atoms with E-state index in [1.165, 1.54) is 11.3 Å². The lowest BCUT2D eigenvalue weighted by Crippen LogP contribution is -2.26. The summed E-state index contributed by atoms with van der Waals surface area (Å²) < 4.78 is 1.99. The second-order valence-electron chi connectivity index (χ2n) is 5.55. The van der Waals surface area contributed by atoms with E-state index in [1.54, 1.807) is 11.9 Å². The van der Waals surface area contributed by atoms with Gasteiger partial charge in [-0.1, -0.05) is 43.4 Å². The molecule has 0 aliphatic rings. The summed E-state index contributed by atoms with van der Waals surface area (Å²) >= 11 is 1.39. The van der Waals surface area contributed by atoms with E-state index in [0.29, 0.717) is 4.88 Å². The van der Waals surface area contributed by atoms with Gasteiger partial charge in [0, 0.05) is 24.3 Å². The molecular weight excluding hydrogens is 296 g/mol. The van der Waals surface area contributed by atoms with Crippen molar-refractivity contribution in [1.82, 2.24) is 14.6 Å². The Balaban J connectivity index is 2.03. The number of aromatic nitrogens is 3. The number of para-hydroxylation sites is 1. The molecule has 0 atom stereocenters. The smallest absolute Gasteiger partial charge is 0.270 e. The molecule has 3 rings (SSSR count). The van der Waals surface area contributed by atoms with E-state index in [2.05, 4.69) is 24.0 Å². The van der Waals surface area contributed by atoms with Crippen LogP contribution in [0.4, 0.5) is 5.69 Å². The predicted octanol–water partition coefficient (Wildman–Crippen LogP) is 3.50. The first kappa shape index (κ1) is 14.7. The summed E-state index contributed by atoms with van der Waals surface area (Å²) in [6, 6.07) is 9.63. The van der Waals surface area contributed by atoms with Crippen LogP contribution in [-0.4, -0.2) is 27.6 Å². The third kappa shape index (κ3) is 2.29. The van der Waals surface area contributed by atoms with Gasteiger partial charge >= 0.3 is 0 Å². The minimum atomic E-state index is -0.0195. The number of fused-ring (bicyclic) bond motifs is 1. The molecule has 114 valence electrons. The first-order valence-corrected chi connectivity index (χ1v) is 8.00. The number of carbonyl (C=O) groups is 1. The molecule has 2 heterocycles. The minimum absolute atomic E-state index is 0.0195. The average Bonchev–Trinajstić information content (AvgIpc) is 3.07. The van der Waals surface area contributed by atoms with E-state index in [-0.39, 0.29) is 11.8 Å². The molecule has 0 bridgehead atoms. The topological polar surface area (TPSA) is 50.5 Å². The number of benzene rings is 1. The molecule has 0 aliphatic heterocycles. The quantitative estimate of drug-likeness (QED) is 0.743. The van der Waals surface area contributed by atoms with Crippen LogP contribution in [0, 0.1) is 6.92 Å². The molecular formula is C16H18N4OS. The largest absolute Gasteiger partial charge is 0.311 e. The fourth-order valence-electron chi connectivity index (χ4n) is 2.42. The molecule has 1 amide bonds. The van der Waals surface area contributed by atoms with E-state index in [0.717, 1.165) is 22.2 Å². The van der Waals surface area contributed by atoms with Gasteiger partial charge < -0.3 is 4.90 Å². The molecule has 0 aliphatic carbocycles. The Labute approximate surface area is 133 Å². The predicted molar refractivity (Wildman–Crippen MR) is 88.9 cm³/mol. The molecule has 0 saturated heterocycles. The number of amides is 1. The molecule has 0 saturated carbocycles. The summed E-state index contributed by atoms with van der Waals surface area (Å²) in [6.45, 7) is 6.10. The summed E-state index contributed by atoms with van der Waals surface area (Å²) in [4.78, 5) is 15.9. The number of thiazole rings is 1. The van der Waals surface area contributed by atoms with Gasteiger partial charge in [0.15, 0.2) is 0 Å². The van der Waals surface area contributed by atoms with Crippen LogP contribution < -0.4 is 4.90 Å². The van der Waals surface area contributed by atoms with Gasteiger partial charge in [-0.3, -0.25) is 9.20 Å². The lowest BCUT2D eigenvalue weighted by atomic mass is 10.2. The van der Waals surface area contributed by atoms with Crippen molar-refractivity contribution in [3.63, 3.8) is 0 Å². The van der Waals surface area contributed by atoms with E-state index >= 15 is 0 Å². The maximum absolute atomic E-state index is 12.8. The van der Waals surface area contributed by atoms with Crippen LogP contribution in [0.15, 0.2) is 30.3 Å². The van der Waals surface area contributed by atoms with Crippen molar-refractivity contribution >= 4 is 27.9 Å². The lowest BCUT2D eigenvalue weighted by molar-refractivity contribution is 0.0996. The molecule has 0 unspecified atom stereocenters. The van der Waals surface area contributed by atoms with E-state index in [1.807, 2.05) is 41.7 Å². The maximum Gasteiger partial charge on any atom is 0.270 e. The summed E-state index contributed by atoms with van der Waals surface area (Å²) in [5, 5.41) is 8.41. The number of carbonyl (C=O) groups excluding carboxylic acids is 1. The van der Waals surface area contributed by atoms with Crippen LogP contribution in [0.2, 0.25) is 0 Å². The number of hydrogen-bond donors (Lipinski definition) is 0. The Morgan fingerprint density at radius 1 is 1.23 bits per heavy atom. The Bertz CT molecular complexity index is 819. The molecule has 3 aromatic rings. The third-order valence-corrected chi connectivity index (χ3v) is 4.80. The number of anilines is 1. The Morgan fingerprint density at radius 3 is 2.55 bits per heavy atom. The normalized spacial score (nSPS) is 11.3. The van der Waals surface area contributed by atoms with Crippen molar-refractivity contribution in [3.8, 4) is 0 Å². The van der Waals surface area contributed by atoms with Gasteiger partial charge in [-0.2, -0.15) is 0 Å². The summed E-state index contributed by atoms with van der Waals surface area (Å²) in [6.07, 6.45) is 0. The van der Waals surface area contributed by atoms with Gasteiger partial charge in [-0.05, 0) is 19.1 Å². The highest BCUT2D eigenvalue weighted by Crippen LogP contribution is 2.27. The van der Waals surface area contributed by atoms with E-state index in [4.69, 9.17) is 0 Å². The van der Waals surface area contributed by atoms with Gasteiger partial charge in [0.1, 0.15) is 10.7 Å². The van der Waals surface area contributed by atoms with Crippen LogP contribution >= 0.6 is 11.3 Å². The van der Waals surface area contributed by atoms with Crippen LogP contribution in [0.25, 0.3) is 4.96 Å². The fraction of sp³-hybridized carbons (Fsp3) is 0.312. The Hall–Kier alpha value is -2.21. The molecule has 1 aromatic carbocycles. The summed E-state index contributed by atoms with van der Waals surface area (Å²) in [5.41, 5.74) is 1.78. The summed E-state index contributed by atoms with van der Waals surface area (Å²) in [7, 11) is 1.79. The molecule has 6 heteroatoms. The summed E-state index contributed by atoms with van der Waals surface area (Å²) in [5.74, 6) is 1.14. The third-order valence-electron chi connectivity index (χ3n) is 3.67. The SMILES string of the molecule is Cc1c(C(=O)N(C)c2ccccc2)sc2nnc(C(C)C)n12. The molecule has 5 nitrogen and oxygen atoms in total. The molecule has 22 heavy (non-hydrogen) atoms. The maximum atomic E-state index is 12.8. The first-order valence-electron chi connectivity index (χ1n) is 7.18. The van der Waals surface area contributed by atoms with E-state index < -0.39 is 0 Å². The van der Waals surface area contributed by atoms with Gasteiger partial charge in [-0.25, -0.2) is 0 Å². The number of aryl methyl sites for hydroxylation is 1. The van der Waals surface area contributed by atoms with Crippen molar-refractivity contribution in [2.24, 2.45) is 0 Å². The van der Waals surface area contributed by atoms with Crippen molar-refractivity contribution < 1.29 is 4.79 Å². The van der Waals surface area contributed by atoms with Gasteiger partial charge in [0.25, 0.3) is 5.91 Å². The van der Waals surface area contributed by atoms with Crippen LogP contribution in [0.5, 0.6) is 0 Å². The van der Waals surface area contributed by atoms with Crippen molar-refractivity contribution in [2.45, 2.75) is 26.7 Å². The fourth-order valence-corrected chi connectivity index (χ4v) is 3.47. The molecule has 2 aromatic heterocycles. The van der Waals surface area contributed by atoms with E-state index in [9.17, 15) is 4.79 Å². The zero-order chi connectivity index (χ0) is 15.9. The van der Waals surface area contributed by atoms with Crippen molar-refractivity contribution in [3.05, 3.63) is 46.7 Å². The first-order chi connectivity index (χ1) is 10.5. The second kappa shape index (κ2) is 5.53. The lowest BCUT2D eigenvalue weighted by Gasteiger charge is -2.16. The molecule has 0 spiro atoms. The number of nitrogens with zero attached hydrogens (tertiary/aromatic N) is 4. The van der Waals surface area contributed by atoms with Gasteiger partial charge in [0.05, 0.1) is 0 Å². The highest BCUT2D eigenvalue weighted by Gasteiger charge is 2.23. The average molecular weight is 314 g/mol. The van der Waals surface area contributed by atoms with Crippen LogP contribution in [-0.2, 0) is 0 Å². The van der Waals surface area contributed by atoms with Gasteiger partial charge in [0.2, 0.25) is 4.96 Å². The Kier molecular flexibility index (Phi) is 3.70. The Morgan fingerprint density at radius 2 is 1.91 bits per heavy atom. The van der Waals surface area contributed by atoms with Crippen LogP contribution in [0.1, 0.15) is 41.0 Å². The molecule has 0 N–H and O–H groups in total. The zero-order valence-corrected chi connectivity index (χ0v) is 13.9. The highest BCUT2D eigenvalue weighted by molar-refractivity contribution is 7.19. The van der Waals surface area contributed by atoms with Gasteiger partial charge in [-0.15, -0.1) is 10.2 Å². The second-order valence-corrected chi connectivity index (χ2v) is 6.52. The molecule has 0 radical (unpaired) electrons. The van der Waals surface area contributed by atoms with Crippen LogP contribution in [0.3, 0.4) is 0 Å². The van der Waals surface area contributed by atoms with Crippen molar-refractivity contribution in [1.29, 1.82) is 0 Å². The zero-order valence-electron chi connectivity index (χ0n) is 13.1. The van der Waals surface area contributed by atoms with Crippen molar-refractivity contribution in [2.75, 3.05) is 11.9 Å². The molecule has 0 fully saturated rings. The number of hydrogen-bond acceptors (Lipinski definition) is 4. The minimum Gasteiger partial charge on any atom is -0.311 e. The standard InChI is InChI=1S/C16H18N4OS/c1-10(2)14-17-18-16-20(14)11(3)13(22-16)15(21)19(4)12-8-6-5-7-9-12/h5-10H,1-4H3. The highest BCUT2D eigenvalue weighted by atomic mass is 32.1. The number of rotatable bonds is 3. The monoisotopic (exact) mass is 314 g/mol.